The first-order valence-electron chi connectivity index (χ1n) is 11.4. The van der Waals surface area contributed by atoms with Crippen LogP contribution in [0.25, 0.3) is 27.1 Å². The number of rotatable bonds is 5. The van der Waals surface area contributed by atoms with E-state index in [1.807, 2.05) is 108 Å². The van der Waals surface area contributed by atoms with Crippen LogP contribution in [0.1, 0.15) is 5.56 Å². The predicted octanol–water partition coefficient (Wildman–Crippen LogP) is 9.05. The summed E-state index contributed by atoms with van der Waals surface area (Å²) in [4.78, 5) is 5.31. The molecule has 4 heteroatoms. The molecule has 0 N–H and O–H groups in total. The minimum atomic E-state index is -0.799. The third-order valence-electron chi connectivity index (χ3n) is 6.00. The van der Waals surface area contributed by atoms with Gasteiger partial charge >= 0.3 is 0 Å². The van der Waals surface area contributed by atoms with Crippen molar-refractivity contribution >= 4 is 22.7 Å². The monoisotopic (exact) mass is 465 g/mol. The van der Waals surface area contributed by atoms with E-state index in [0.717, 1.165) is 33.6 Å². The van der Waals surface area contributed by atoms with Crippen molar-refractivity contribution < 1.29 is 4.39 Å². The van der Waals surface area contributed by atoms with Crippen molar-refractivity contribution in [3.63, 3.8) is 0 Å². The number of anilines is 3. The van der Waals surface area contributed by atoms with Gasteiger partial charge in [0.25, 0.3) is 0 Å². The molecule has 0 aliphatic rings. The molecular weight excluding hydrogens is 445 g/mol. The minimum Gasteiger partial charge on any atom is -0.311 e. The van der Waals surface area contributed by atoms with Gasteiger partial charge in [0.2, 0.25) is 5.69 Å². The summed E-state index contributed by atoms with van der Waals surface area (Å²) >= 11 is 0. The highest BCUT2D eigenvalue weighted by Crippen LogP contribution is 2.43. The van der Waals surface area contributed by atoms with Crippen LogP contribution in [0, 0.1) is 23.7 Å². The maximum Gasteiger partial charge on any atom is 0.225 e. The molecule has 0 bridgehead atoms. The van der Waals surface area contributed by atoms with Gasteiger partial charge in [0, 0.05) is 16.9 Å². The molecule has 0 amide bonds. The summed E-state index contributed by atoms with van der Waals surface area (Å²) in [5.74, 6) is -0.799. The molecule has 0 aliphatic heterocycles. The van der Waals surface area contributed by atoms with Crippen molar-refractivity contribution in [1.29, 1.82) is 5.26 Å². The number of hydrogen-bond donors (Lipinski definition) is 0. The van der Waals surface area contributed by atoms with Crippen LogP contribution in [0.4, 0.5) is 27.1 Å². The number of para-hydroxylation sites is 1. The SMILES string of the molecule is [C-]#[N+]c1cc(N(c2ccc(-c3ccccc3)cc2)c2ccccc2-c2ccccc2)cc(C#N)c1F. The molecule has 5 rings (SSSR count). The van der Waals surface area contributed by atoms with Gasteiger partial charge in [0.1, 0.15) is 11.9 Å². The second kappa shape index (κ2) is 9.97. The summed E-state index contributed by atoms with van der Waals surface area (Å²) in [5, 5.41) is 9.57. The van der Waals surface area contributed by atoms with Crippen LogP contribution in [0.5, 0.6) is 0 Å². The van der Waals surface area contributed by atoms with Gasteiger partial charge in [0.05, 0.1) is 17.8 Å². The smallest absolute Gasteiger partial charge is 0.225 e. The predicted molar refractivity (Wildman–Crippen MR) is 143 cm³/mol. The highest BCUT2D eigenvalue weighted by molar-refractivity contribution is 5.89. The van der Waals surface area contributed by atoms with Crippen LogP contribution in [0.3, 0.4) is 0 Å². The topological polar surface area (TPSA) is 31.4 Å². The number of halogens is 1. The molecule has 170 valence electrons. The van der Waals surface area contributed by atoms with E-state index in [1.54, 1.807) is 0 Å². The summed E-state index contributed by atoms with van der Waals surface area (Å²) in [5.41, 5.74) is 6.01. The van der Waals surface area contributed by atoms with E-state index in [0.29, 0.717) is 5.69 Å². The second-order valence-electron chi connectivity index (χ2n) is 8.18. The van der Waals surface area contributed by atoms with Crippen molar-refractivity contribution in [3.05, 3.63) is 144 Å². The van der Waals surface area contributed by atoms with Crippen LogP contribution in [0.2, 0.25) is 0 Å². The Hall–Kier alpha value is -5.19. The van der Waals surface area contributed by atoms with E-state index in [-0.39, 0.29) is 11.3 Å². The average Bonchev–Trinajstić information content (AvgIpc) is 2.95. The fraction of sp³-hybridized carbons (Fsp3) is 0. The van der Waals surface area contributed by atoms with Crippen molar-refractivity contribution in [3.8, 4) is 28.3 Å². The van der Waals surface area contributed by atoms with Gasteiger partial charge in [-0.25, -0.2) is 9.24 Å². The van der Waals surface area contributed by atoms with Crippen LogP contribution >= 0.6 is 0 Å². The third-order valence-corrected chi connectivity index (χ3v) is 6.00. The van der Waals surface area contributed by atoms with Gasteiger partial charge in [-0.3, -0.25) is 0 Å². The molecule has 0 unspecified atom stereocenters. The van der Waals surface area contributed by atoms with Gasteiger partial charge in [-0.05, 0) is 47.0 Å². The molecule has 0 spiro atoms. The zero-order valence-corrected chi connectivity index (χ0v) is 19.3. The van der Waals surface area contributed by atoms with Gasteiger partial charge in [-0.2, -0.15) is 5.26 Å². The summed E-state index contributed by atoms with van der Waals surface area (Å²) in [7, 11) is 0. The third kappa shape index (κ3) is 4.32. The van der Waals surface area contributed by atoms with Crippen molar-refractivity contribution in [2.45, 2.75) is 0 Å². The molecule has 3 nitrogen and oxygen atoms in total. The number of benzene rings is 5. The lowest BCUT2D eigenvalue weighted by atomic mass is 10.0. The van der Waals surface area contributed by atoms with E-state index in [9.17, 15) is 9.65 Å². The van der Waals surface area contributed by atoms with Crippen molar-refractivity contribution in [1.82, 2.24) is 0 Å². The first-order valence-corrected chi connectivity index (χ1v) is 11.4. The van der Waals surface area contributed by atoms with Gasteiger partial charge in [0.15, 0.2) is 0 Å². The zero-order valence-electron chi connectivity index (χ0n) is 19.3. The highest BCUT2D eigenvalue weighted by Gasteiger charge is 2.20. The van der Waals surface area contributed by atoms with Crippen molar-refractivity contribution in [2.75, 3.05) is 4.90 Å². The van der Waals surface area contributed by atoms with E-state index < -0.39 is 5.82 Å². The molecule has 0 atom stereocenters. The summed E-state index contributed by atoms with van der Waals surface area (Å²) in [6, 6.07) is 41.0. The van der Waals surface area contributed by atoms with Crippen LogP contribution < -0.4 is 4.90 Å². The second-order valence-corrected chi connectivity index (χ2v) is 8.18. The fourth-order valence-electron chi connectivity index (χ4n) is 4.28. The van der Waals surface area contributed by atoms with E-state index in [1.165, 1.54) is 12.1 Å². The number of hydrogen-bond acceptors (Lipinski definition) is 2. The maximum absolute atomic E-state index is 14.7. The van der Waals surface area contributed by atoms with E-state index in [4.69, 9.17) is 6.57 Å². The first kappa shape index (κ1) is 22.6. The standard InChI is InChI=1S/C32H20FN3/c1-35-30-21-28(20-26(22-34)32(30)33)36(27-18-16-24(17-19-27)23-10-4-2-5-11-23)31-15-9-8-14-29(31)25-12-6-3-7-13-25/h2-21H. The lowest BCUT2D eigenvalue weighted by Crippen LogP contribution is -2.12. The molecule has 5 aromatic rings. The molecule has 0 aliphatic carbocycles. The number of nitrogens with zero attached hydrogens (tertiary/aromatic N) is 3. The Balaban J connectivity index is 1.73. The summed E-state index contributed by atoms with van der Waals surface area (Å²) in [6.45, 7) is 7.46. The molecule has 5 aromatic carbocycles. The minimum absolute atomic E-state index is 0.165. The van der Waals surface area contributed by atoms with E-state index in [2.05, 4.69) is 17.0 Å². The lowest BCUT2D eigenvalue weighted by Gasteiger charge is -2.28. The Morgan fingerprint density at radius 1 is 0.667 bits per heavy atom. The normalized spacial score (nSPS) is 10.3. The Morgan fingerprint density at radius 3 is 1.89 bits per heavy atom. The van der Waals surface area contributed by atoms with Crippen LogP contribution in [-0.2, 0) is 0 Å². The fourth-order valence-corrected chi connectivity index (χ4v) is 4.28. The molecule has 0 heterocycles. The zero-order chi connectivity index (χ0) is 24.9. The Labute approximate surface area is 209 Å². The van der Waals surface area contributed by atoms with Crippen LogP contribution in [0.15, 0.2) is 121 Å². The first-order chi connectivity index (χ1) is 17.7. The Morgan fingerprint density at radius 2 is 1.25 bits per heavy atom. The lowest BCUT2D eigenvalue weighted by molar-refractivity contribution is 0.630. The molecule has 0 aromatic heterocycles. The highest BCUT2D eigenvalue weighted by atomic mass is 19.1. The molecular formula is C32H20FN3. The largest absolute Gasteiger partial charge is 0.311 e. The van der Waals surface area contributed by atoms with Gasteiger partial charge in [-0.1, -0.05) is 91.0 Å². The molecule has 0 fully saturated rings. The number of nitriles is 1. The molecule has 0 saturated heterocycles. The van der Waals surface area contributed by atoms with Gasteiger partial charge in [-0.15, -0.1) is 0 Å². The molecule has 0 saturated carbocycles. The molecule has 0 radical (unpaired) electrons. The average molecular weight is 466 g/mol. The van der Waals surface area contributed by atoms with Crippen molar-refractivity contribution in [2.24, 2.45) is 0 Å². The maximum atomic E-state index is 14.7. The quantitative estimate of drug-likeness (QED) is 0.242. The Kier molecular flexibility index (Phi) is 6.26. The Bertz CT molecular complexity index is 1560. The van der Waals surface area contributed by atoms with Gasteiger partial charge < -0.3 is 4.90 Å². The summed E-state index contributed by atoms with van der Waals surface area (Å²) < 4.78 is 14.7. The van der Waals surface area contributed by atoms with Crippen LogP contribution in [-0.4, -0.2) is 0 Å². The summed E-state index contributed by atoms with van der Waals surface area (Å²) in [6.07, 6.45) is 0. The van der Waals surface area contributed by atoms with E-state index >= 15 is 0 Å². The molecule has 36 heavy (non-hydrogen) atoms.